The SMILES string of the molecule is CCc1cc(O)ccc1-c1ccc2c(-c3ncc(C4=CCCN(CCCOC)C4)[nH]3)n[nH]c2c1. The van der Waals surface area contributed by atoms with E-state index in [-0.39, 0.29) is 0 Å². The number of nitrogens with one attached hydrogen (secondary N) is 2. The van der Waals surface area contributed by atoms with Crippen molar-refractivity contribution in [3.8, 4) is 28.4 Å². The van der Waals surface area contributed by atoms with E-state index in [1.165, 1.54) is 5.57 Å². The predicted octanol–water partition coefficient (Wildman–Crippen LogP) is 5.01. The normalized spacial score (nSPS) is 14.6. The summed E-state index contributed by atoms with van der Waals surface area (Å²) in [6.07, 6.45) is 7.16. The molecule has 0 amide bonds. The van der Waals surface area contributed by atoms with Gasteiger partial charge in [0.1, 0.15) is 11.4 Å². The van der Waals surface area contributed by atoms with Crippen LogP contribution in [0.3, 0.4) is 0 Å². The molecule has 0 saturated carbocycles. The Labute approximate surface area is 199 Å². The zero-order valence-corrected chi connectivity index (χ0v) is 19.8. The van der Waals surface area contributed by atoms with Crippen molar-refractivity contribution in [3.05, 3.63) is 59.9 Å². The topological polar surface area (TPSA) is 90.1 Å². The number of phenols is 1. The van der Waals surface area contributed by atoms with Crippen LogP contribution in [-0.4, -0.2) is 63.5 Å². The van der Waals surface area contributed by atoms with Gasteiger partial charge >= 0.3 is 0 Å². The number of aromatic amines is 2. The summed E-state index contributed by atoms with van der Waals surface area (Å²) in [6.45, 7) is 5.94. The van der Waals surface area contributed by atoms with Crippen molar-refractivity contribution < 1.29 is 9.84 Å². The van der Waals surface area contributed by atoms with Gasteiger partial charge < -0.3 is 14.8 Å². The van der Waals surface area contributed by atoms with E-state index in [1.54, 1.807) is 13.2 Å². The first-order valence-electron chi connectivity index (χ1n) is 11.9. The third kappa shape index (κ3) is 4.49. The number of benzene rings is 2. The molecule has 5 rings (SSSR count). The maximum absolute atomic E-state index is 9.84. The van der Waals surface area contributed by atoms with E-state index in [1.807, 2.05) is 18.3 Å². The molecule has 1 aliphatic heterocycles. The van der Waals surface area contributed by atoms with Gasteiger partial charge in [-0.1, -0.05) is 25.1 Å². The quantitative estimate of drug-likeness (QED) is 0.324. The van der Waals surface area contributed by atoms with E-state index in [9.17, 15) is 5.11 Å². The largest absolute Gasteiger partial charge is 0.508 e. The number of methoxy groups -OCH3 is 1. The summed E-state index contributed by atoms with van der Waals surface area (Å²) >= 11 is 0. The molecule has 2 aromatic carbocycles. The van der Waals surface area contributed by atoms with Crippen LogP contribution in [-0.2, 0) is 11.2 Å². The van der Waals surface area contributed by atoms with Crippen molar-refractivity contribution in [2.75, 3.05) is 33.4 Å². The summed E-state index contributed by atoms with van der Waals surface area (Å²) in [5.41, 5.74) is 7.45. The average Bonchev–Trinajstić information content (AvgIpc) is 3.51. The molecule has 7 nitrogen and oxygen atoms in total. The number of hydrogen-bond acceptors (Lipinski definition) is 5. The lowest BCUT2D eigenvalue weighted by Gasteiger charge is -2.26. The van der Waals surface area contributed by atoms with E-state index in [0.717, 1.165) is 90.3 Å². The summed E-state index contributed by atoms with van der Waals surface area (Å²) in [7, 11) is 1.75. The molecule has 0 radical (unpaired) electrons. The lowest BCUT2D eigenvalue weighted by Crippen LogP contribution is -2.31. The molecule has 0 unspecified atom stereocenters. The molecule has 1 aliphatic rings. The van der Waals surface area contributed by atoms with Crippen molar-refractivity contribution in [1.29, 1.82) is 0 Å². The molecule has 2 aromatic heterocycles. The number of rotatable bonds is 8. The molecule has 0 spiro atoms. The van der Waals surface area contributed by atoms with Gasteiger partial charge in [0.15, 0.2) is 5.82 Å². The molecule has 176 valence electrons. The van der Waals surface area contributed by atoms with E-state index < -0.39 is 0 Å². The molecular weight excluding hydrogens is 426 g/mol. The Morgan fingerprint density at radius 1 is 1.18 bits per heavy atom. The average molecular weight is 458 g/mol. The third-order valence-corrected chi connectivity index (χ3v) is 6.54. The van der Waals surface area contributed by atoms with Crippen LogP contribution in [0.25, 0.3) is 39.1 Å². The van der Waals surface area contributed by atoms with Gasteiger partial charge in [0.2, 0.25) is 0 Å². The second-order valence-electron chi connectivity index (χ2n) is 8.81. The number of imidazole rings is 1. The zero-order valence-electron chi connectivity index (χ0n) is 19.8. The highest BCUT2D eigenvalue weighted by atomic mass is 16.5. The van der Waals surface area contributed by atoms with Crippen molar-refractivity contribution in [2.45, 2.75) is 26.2 Å². The highest BCUT2D eigenvalue weighted by Gasteiger charge is 2.18. The number of fused-ring (bicyclic) bond motifs is 1. The van der Waals surface area contributed by atoms with Crippen LogP contribution >= 0.6 is 0 Å². The maximum Gasteiger partial charge on any atom is 0.159 e. The summed E-state index contributed by atoms with van der Waals surface area (Å²) in [4.78, 5) is 10.6. The van der Waals surface area contributed by atoms with Gasteiger partial charge in [-0.25, -0.2) is 4.98 Å². The van der Waals surface area contributed by atoms with Gasteiger partial charge in [0, 0.05) is 38.7 Å². The second-order valence-corrected chi connectivity index (χ2v) is 8.81. The number of H-pyrrole nitrogens is 2. The van der Waals surface area contributed by atoms with Gasteiger partial charge in [0.25, 0.3) is 0 Å². The Balaban J connectivity index is 1.38. The molecule has 0 aliphatic carbocycles. The Bertz CT molecular complexity index is 1320. The van der Waals surface area contributed by atoms with Crippen LogP contribution in [0, 0.1) is 0 Å². The van der Waals surface area contributed by atoms with Crippen LogP contribution in [0.1, 0.15) is 31.0 Å². The summed E-state index contributed by atoms with van der Waals surface area (Å²) in [5.74, 6) is 1.07. The number of hydrogen-bond donors (Lipinski definition) is 3. The van der Waals surface area contributed by atoms with E-state index in [4.69, 9.17) is 4.74 Å². The fourth-order valence-electron chi connectivity index (χ4n) is 4.75. The van der Waals surface area contributed by atoms with Crippen LogP contribution in [0.15, 0.2) is 48.7 Å². The second kappa shape index (κ2) is 9.83. The molecule has 7 heteroatoms. The fraction of sp³-hybridized carbons (Fsp3) is 0.333. The van der Waals surface area contributed by atoms with E-state index in [0.29, 0.717) is 5.75 Å². The first-order chi connectivity index (χ1) is 16.7. The fourth-order valence-corrected chi connectivity index (χ4v) is 4.75. The molecule has 0 saturated heterocycles. The number of ether oxygens (including phenoxy) is 1. The first kappa shape index (κ1) is 22.4. The van der Waals surface area contributed by atoms with Crippen molar-refractivity contribution in [2.24, 2.45) is 0 Å². The van der Waals surface area contributed by atoms with Gasteiger partial charge in [-0.15, -0.1) is 0 Å². The Hall–Kier alpha value is -3.42. The summed E-state index contributed by atoms with van der Waals surface area (Å²) < 4.78 is 5.20. The highest BCUT2D eigenvalue weighted by molar-refractivity contribution is 5.94. The van der Waals surface area contributed by atoms with E-state index in [2.05, 4.69) is 56.3 Å². The van der Waals surface area contributed by atoms with Crippen LogP contribution in [0.5, 0.6) is 5.75 Å². The predicted molar refractivity (Wildman–Crippen MR) is 136 cm³/mol. The number of aromatic nitrogens is 4. The standard InChI is InChI=1S/C27H31N5O2/c1-3-18-14-21(33)8-10-22(18)19-7-9-23-24(15-19)30-31-26(23)27-28-16-25(29-27)20-6-4-11-32(17-20)12-5-13-34-2/h6-10,14-16,33H,3-5,11-13,17H2,1-2H3,(H,28,29)(H,30,31). The third-order valence-electron chi connectivity index (χ3n) is 6.54. The molecule has 4 aromatic rings. The molecule has 3 N–H and O–H groups in total. The lowest BCUT2D eigenvalue weighted by atomic mass is 9.97. The number of aryl methyl sites for hydroxylation is 1. The van der Waals surface area contributed by atoms with Gasteiger partial charge in [0.05, 0.1) is 17.4 Å². The Kier molecular flexibility index (Phi) is 6.47. The van der Waals surface area contributed by atoms with Crippen LogP contribution in [0.4, 0.5) is 0 Å². The van der Waals surface area contributed by atoms with Crippen molar-refractivity contribution >= 4 is 16.5 Å². The number of aromatic hydroxyl groups is 1. The minimum absolute atomic E-state index is 0.297. The van der Waals surface area contributed by atoms with Crippen molar-refractivity contribution in [1.82, 2.24) is 25.1 Å². The molecule has 3 heterocycles. The minimum Gasteiger partial charge on any atom is -0.508 e. The number of phenolic OH excluding ortho intramolecular Hbond substituents is 1. The van der Waals surface area contributed by atoms with E-state index >= 15 is 0 Å². The molecular formula is C27H31N5O2. The Morgan fingerprint density at radius 2 is 2.09 bits per heavy atom. The summed E-state index contributed by atoms with van der Waals surface area (Å²) in [5, 5.41) is 18.6. The molecule has 34 heavy (non-hydrogen) atoms. The minimum atomic E-state index is 0.297. The summed E-state index contributed by atoms with van der Waals surface area (Å²) in [6, 6.07) is 11.9. The van der Waals surface area contributed by atoms with Crippen LogP contribution in [0.2, 0.25) is 0 Å². The zero-order chi connectivity index (χ0) is 23.5. The van der Waals surface area contributed by atoms with Gasteiger partial charge in [-0.05, 0) is 65.8 Å². The first-order valence-corrected chi connectivity index (χ1v) is 11.9. The lowest BCUT2D eigenvalue weighted by molar-refractivity contribution is 0.176. The van der Waals surface area contributed by atoms with Gasteiger partial charge in [-0.2, -0.15) is 5.10 Å². The smallest absolute Gasteiger partial charge is 0.159 e. The van der Waals surface area contributed by atoms with Gasteiger partial charge in [-0.3, -0.25) is 10.00 Å². The number of nitrogens with zero attached hydrogens (tertiary/aromatic N) is 3. The monoisotopic (exact) mass is 457 g/mol. The molecule has 0 atom stereocenters. The molecule has 0 bridgehead atoms. The Morgan fingerprint density at radius 3 is 2.94 bits per heavy atom. The highest BCUT2D eigenvalue weighted by Crippen LogP contribution is 2.32. The van der Waals surface area contributed by atoms with Crippen LogP contribution < -0.4 is 0 Å². The maximum atomic E-state index is 9.84. The van der Waals surface area contributed by atoms with Crippen molar-refractivity contribution in [3.63, 3.8) is 0 Å². The molecule has 0 fully saturated rings.